The zero-order chi connectivity index (χ0) is 12.0. The Labute approximate surface area is 111 Å². The highest BCUT2D eigenvalue weighted by Gasteiger charge is 2.13. The second-order valence-corrected chi connectivity index (χ2v) is 5.14. The van der Waals surface area contributed by atoms with Gasteiger partial charge >= 0.3 is 0 Å². The topological polar surface area (TPSA) is 9.23 Å². The van der Waals surface area contributed by atoms with Gasteiger partial charge in [-0.05, 0) is 37.8 Å². The molecule has 1 unspecified atom stereocenters. The van der Waals surface area contributed by atoms with Crippen LogP contribution in [0.2, 0.25) is 5.02 Å². The molecular weight excluding hydrogens is 287 g/mol. The van der Waals surface area contributed by atoms with E-state index in [1.807, 2.05) is 18.2 Å². The van der Waals surface area contributed by atoms with Crippen LogP contribution >= 0.6 is 27.5 Å². The summed E-state index contributed by atoms with van der Waals surface area (Å²) in [7, 11) is 0. The van der Waals surface area contributed by atoms with E-state index in [9.17, 15) is 0 Å². The largest absolute Gasteiger partial charge is 0.379 e. The zero-order valence-electron chi connectivity index (χ0n) is 9.75. The minimum Gasteiger partial charge on any atom is -0.379 e. The van der Waals surface area contributed by atoms with Crippen LogP contribution in [0.1, 0.15) is 31.7 Å². The minimum atomic E-state index is 0.294. The summed E-state index contributed by atoms with van der Waals surface area (Å²) in [4.78, 5) is 0. The molecule has 3 heteroatoms. The maximum Gasteiger partial charge on any atom is 0.0518 e. The lowest BCUT2D eigenvalue weighted by Gasteiger charge is -2.17. The molecule has 1 rings (SSSR count). The molecule has 0 aliphatic carbocycles. The highest BCUT2D eigenvalue weighted by molar-refractivity contribution is 9.09. The highest BCUT2D eigenvalue weighted by Crippen LogP contribution is 2.28. The number of hydrogen-bond acceptors (Lipinski definition) is 1. The lowest BCUT2D eigenvalue weighted by Crippen LogP contribution is -2.09. The van der Waals surface area contributed by atoms with Gasteiger partial charge in [0.2, 0.25) is 0 Å². The van der Waals surface area contributed by atoms with Gasteiger partial charge in [0.15, 0.2) is 0 Å². The smallest absolute Gasteiger partial charge is 0.0518 e. The third-order valence-corrected chi connectivity index (χ3v) is 3.57. The first kappa shape index (κ1) is 14.0. The quantitative estimate of drug-likeness (QED) is 0.696. The number of hydrogen-bond donors (Lipinski definition) is 0. The molecule has 0 aromatic heterocycles. The molecule has 0 aliphatic heterocycles. The molecular formula is C13H18BrClO. The minimum absolute atomic E-state index is 0.294. The van der Waals surface area contributed by atoms with Crippen molar-refractivity contribution in [1.82, 2.24) is 0 Å². The van der Waals surface area contributed by atoms with Crippen molar-refractivity contribution in [1.29, 1.82) is 0 Å². The van der Waals surface area contributed by atoms with E-state index in [1.165, 1.54) is 5.56 Å². The molecule has 1 atom stereocenters. The summed E-state index contributed by atoms with van der Waals surface area (Å²) in [6.07, 6.45) is 1.29. The normalized spacial score (nSPS) is 13.1. The summed E-state index contributed by atoms with van der Waals surface area (Å²) in [5.41, 5.74) is 1.20. The van der Waals surface area contributed by atoms with Gasteiger partial charge in [-0.1, -0.05) is 45.7 Å². The number of alkyl halides is 1. The zero-order valence-corrected chi connectivity index (χ0v) is 12.1. The molecule has 0 N–H and O–H groups in total. The Bertz CT molecular complexity index is 315. The maximum absolute atomic E-state index is 6.18. The van der Waals surface area contributed by atoms with Crippen LogP contribution in [0, 0.1) is 0 Å². The van der Waals surface area contributed by atoms with Gasteiger partial charge in [-0.3, -0.25) is 0 Å². The first-order chi connectivity index (χ1) is 7.65. The standard InChI is InChI=1S/C13H18BrClO/c1-10(2)16-8-7-11(9-14)12-5-3-4-6-13(12)15/h3-6,10-11H,7-9H2,1-2H3. The Morgan fingerprint density at radius 1 is 1.31 bits per heavy atom. The van der Waals surface area contributed by atoms with Gasteiger partial charge in [0.1, 0.15) is 0 Å². The van der Waals surface area contributed by atoms with Crippen molar-refractivity contribution in [2.45, 2.75) is 32.3 Å². The first-order valence-corrected chi connectivity index (χ1v) is 7.07. The molecule has 0 heterocycles. The van der Waals surface area contributed by atoms with Crippen molar-refractivity contribution in [2.24, 2.45) is 0 Å². The van der Waals surface area contributed by atoms with Gasteiger partial charge in [-0.15, -0.1) is 0 Å². The molecule has 16 heavy (non-hydrogen) atoms. The number of ether oxygens (including phenoxy) is 1. The number of benzene rings is 1. The van der Waals surface area contributed by atoms with Crippen molar-refractivity contribution < 1.29 is 4.74 Å². The van der Waals surface area contributed by atoms with Crippen LogP contribution in [-0.2, 0) is 4.74 Å². The van der Waals surface area contributed by atoms with E-state index >= 15 is 0 Å². The first-order valence-electron chi connectivity index (χ1n) is 5.57. The van der Waals surface area contributed by atoms with Crippen LogP contribution in [0.4, 0.5) is 0 Å². The molecule has 1 aromatic rings. The molecule has 0 amide bonds. The Morgan fingerprint density at radius 3 is 2.56 bits per heavy atom. The van der Waals surface area contributed by atoms with E-state index in [2.05, 4.69) is 35.8 Å². The molecule has 0 spiro atoms. The summed E-state index contributed by atoms with van der Waals surface area (Å²) in [6.45, 7) is 4.89. The van der Waals surface area contributed by atoms with E-state index in [0.717, 1.165) is 23.4 Å². The SMILES string of the molecule is CC(C)OCCC(CBr)c1ccccc1Cl. The van der Waals surface area contributed by atoms with Crippen molar-refractivity contribution in [2.75, 3.05) is 11.9 Å². The molecule has 0 aliphatic rings. The Morgan fingerprint density at radius 2 is 2.00 bits per heavy atom. The third-order valence-electron chi connectivity index (χ3n) is 2.45. The molecule has 0 radical (unpaired) electrons. The van der Waals surface area contributed by atoms with Crippen LogP contribution in [0.15, 0.2) is 24.3 Å². The lowest BCUT2D eigenvalue weighted by atomic mass is 9.98. The predicted octanol–water partition coefficient (Wildman–Crippen LogP) is 4.63. The van der Waals surface area contributed by atoms with E-state index < -0.39 is 0 Å². The molecule has 0 bridgehead atoms. The molecule has 1 nitrogen and oxygen atoms in total. The Balaban J connectivity index is 2.57. The van der Waals surface area contributed by atoms with Crippen molar-refractivity contribution in [3.8, 4) is 0 Å². The monoisotopic (exact) mass is 304 g/mol. The summed E-state index contributed by atoms with van der Waals surface area (Å²) in [5, 5.41) is 1.76. The average Bonchev–Trinajstić information content (AvgIpc) is 2.25. The van der Waals surface area contributed by atoms with Crippen LogP contribution in [-0.4, -0.2) is 18.0 Å². The fraction of sp³-hybridized carbons (Fsp3) is 0.538. The summed E-state index contributed by atoms with van der Waals surface area (Å²) < 4.78 is 5.57. The van der Waals surface area contributed by atoms with E-state index in [4.69, 9.17) is 16.3 Å². The molecule has 0 fully saturated rings. The van der Waals surface area contributed by atoms with E-state index in [-0.39, 0.29) is 0 Å². The van der Waals surface area contributed by atoms with Crippen LogP contribution in [0.3, 0.4) is 0 Å². The summed E-state index contributed by atoms with van der Waals surface area (Å²) >= 11 is 9.72. The summed E-state index contributed by atoms with van der Waals surface area (Å²) in [6, 6.07) is 8.02. The third kappa shape index (κ3) is 4.44. The maximum atomic E-state index is 6.18. The summed E-state index contributed by atoms with van der Waals surface area (Å²) in [5.74, 6) is 0.424. The Kier molecular flexibility index (Phi) is 6.40. The lowest BCUT2D eigenvalue weighted by molar-refractivity contribution is 0.0744. The fourth-order valence-electron chi connectivity index (χ4n) is 1.57. The van der Waals surface area contributed by atoms with Gasteiger partial charge in [0, 0.05) is 17.0 Å². The van der Waals surface area contributed by atoms with Gasteiger partial charge in [-0.25, -0.2) is 0 Å². The molecule has 0 saturated heterocycles. The van der Waals surface area contributed by atoms with Crippen LogP contribution < -0.4 is 0 Å². The molecule has 0 saturated carbocycles. The van der Waals surface area contributed by atoms with Crippen molar-refractivity contribution in [3.05, 3.63) is 34.9 Å². The number of halogens is 2. The molecule has 1 aromatic carbocycles. The van der Waals surface area contributed by atoms with Crippen molar-refractivity contribution >= 4 is 27.5 Å². The highest BCUT2D eigenvalue weighted by atomic mass is 79.9. The van der Waals surface area contributed by atoms with Gasteiger partial charge < -0.3 is 4.74 Å². The average molecular weight is 306 g/mol. The van der Waals surface area contributed by atoms with Gasteiger partial charge in [0.05, 0.1) is 6.10 Å². The second-order valence-electron chi connectivity index (χ2n) is 4.08. The fourth-order valence-corrected chi connectivity index (χ4v) is 2.53. The van der Waals surface area contributed by atoms with Gasteiger partial charge in [0.25, 0.3) is 0 Å². The van der Waals surface area contributed by atoms with E-state index in [1.54, 1.807) is 0 Å². The van der Waals surface area contributed by atoms with E-state index in [0.29, 0.717) is 12.0 Å². The van der Waals surface area contributed by atoms with Gasteiger partial charge in [-0.2, -0.15) is 0 Å². The van der Waals surface area contributed by atoms with Crippen molar-refractivity contribution in [3.63, 3.8) is 0 Å². The number of rotatable bonds is 6. The second kappa shape index (κ2) is 7.31. The predicted molar refractivity (Wildman–Crippen MR) is 73.7 cm³/mol. The van der Waals surface area contributed by atoms with Crippen LogP contribution in [0.5, 0.6) is 0 Å². The Hall–Kier alpha value is -0.0500. The molecule has 90 valence electrons. The van der Waals surface area contributed by atoms with Crippen LogP contribution in [0.25, 0.3) is 0 Å².